The van der Waals surface area contributed by atoms with Crippen molar-refractivity contribution in [3.05, 3.63) is 23.8 Å². The second-order valence-corrected chi connectivity index (χ2v) is 7.34. The second kappa shape index (κ2) is 5.33. The topological polar surface area (TPSA) is 9.23 Å². The lowest BCUT2D eigenvalue weighted by molar-refractivity contribution is 0.0149. The molecule has 0 amide bonds. The molecule has 0 bridgehead atoms. The van der Waals surface area contributed by atoms with Gasteiger partial charge in [-0.05, 0) is 33.1 Å². The molecule has 1 aliphatic rings. The van der Waals surface area contributed by atoms with E-state index in [9.17, 15) is 0 Å². The van der Waals surface area contributed by atoms with Gasteiger partial charge >= 0.3 is 0 Å². The van der Waals surface area contributed by atoms with E-state index in [0.29, 0.717) is 0 Å². The minimum atomic E-state index is 0.101. The molecule has 0 spiro atoms. The van der Waals surface area contributed by atoms with E-state index in [2.05, 4.69) is 45.9 Å². The van der Waals surface area contributed by atoms with E-state index in [1.165, 1.54) is 24.8 Å². The molecule has 1 rings (SSSR count). The molecule has 2 heteroatoms. The first kappa shape index (κ1) is 13.7. The largest absolute Gasteiger partial charge is 0.376 e. The summed E-state index contributed by atoms with van der Waals surface area (Å²) in [5, 5.41) is 0.101. The molecule has 1 fully saturated rings. The lowest BCUT2D eigenvalue weighted by Crippen LogP contribution is -2.35. The summed E-state index contributed by atoms with van der Waals surface area (Å²) in [6.07, 6.45) is 10.6. The predicted octanol–water partition coefficient (Wildman–Crippen LogP) is 2.80. The Morgan fingerprint density at radius 1 is 1.38 bits per heavy atom. The molecular formula is C14H26OSi. The number of hydrogen-bond acceptors (Lipinski definition) is 1. The molecular weight excluding hydrogens is 212 g/mol. The van der Waals surface area contributed by atoms with Crippen LogP contribution < -0.4 is 0 Å². The van der Waals surface area contributed by atoms with Crippen molar-refractivity contribution in [2.45, 2.75) is 52.2 Å². The van der Waals surface area contributed by atoms with Gasteiger partial charge < -0.3 is 4.74 Å². The fraction of sp³-hybridized carbons (Fsp3) is 0.714. The van der Waals surface area contributed by atoms with Gasteiger partial charge in [0.2, 0.25) is 0 Å². The van der Waals surface area contributed by atoms with E-state index < -0.39 is 0 Å². The third kappa shape index (κ3) is 3.60. The van der Waals surface area contributed by atoms with Crippen LogP contribution in [-0.4, -0.2) is 22.1 Å². The first-order valence-electron chi connectivity index (χ1n) is 6.37. The summed E-state index contributed by atoms with van der Waals surface area (Å²) < 4.78 is 5.93. The van der Waals surface area contributed by atoms with Gasteiger partial charge in [0.05, 0.1) is 5.22 Å². The van der Waals surface area contributed by atoms with Crippen molar-refractivity contribution in [2.24, 2.45) is 5.41 Å². The van der Waals surface area contributed by atoms with Gasteiger partial charge in [0.15, 0.2) is 0 Å². The Morgan fingerprint density at radius 2 is 2.06 bits per heavy atom. The summed E-state index contributed by atoms with van der Waals surface area (Å²) in [5.41, 5.74) is 1.58. The highest BCUT2D eigenvalue weighted by molar-refractivity contribution is 6.16. The minimum Gasteiger partial charge on any atom is -0.376 e. The van der Waals surface area contributed by atoms with Crippen LogP contribution in [0.5, 0.6) is 0 Å². The number of rotatable bonds is 3. The Hall–Kier alpha value is -0.343. The van der Waals surface area contributed by atoms with Crippen molar-refractivity contribution in [1.29, 1.82) is 0 Å². The molecule has 1 aliphatic heterocycles. The minimum absolute atomic E-state index is 0.101. The molecule has 1 saturated heterocycles. The maximum absolute atomic E-state index is 5.93. The van der Waals surface area contributed by atoms with E-state index in [1.807, 2.05) is 0 Å². The average molecular weight is 238 g/mol. The van der Waals surface area contributed by atoms with Gasteiger partial charge in [0.1, 0.15) is 0 Å². The summed E-state index contributed by atoms with van der Waals surface area (Å²) in [4.78, 5) is 0. The number of ether oxygens (including phenoxy) is 1. The van der Waals surface area contributed by atoms with E-state index in [4.69, 9.17) is 4.74 Å². The summed E-state index contributed by atoms with van der Waals surface area (Å²) >= 11 is 0. The Balaban J connectivity index is 2.71. The Labute approximate surface area is 103 Å². The maximum atomic E-state index is 5.93. The zero-order valence-corrected chi connectivity index (χ0v) is 13.5. The Bertz CT molecular complexity index is 283. The fourth-order valence-electron chi connectivity index (χ4n) is 1.98. The third-order valence-electron chi connectivity index (χ3n) is 3.80. The van der Waals surface area contributed by atoms with E-state index in [1.54, 1.807) is 0 Å². The molecule has 1 heterocycles. The van der Waals surface area contributed by atoms with Crippen LogP contribution >= 0.6 is 0 Å². The van der Waals surface area contributed by atoms with Crippen molar-refractivity contribution in [3.8, 4) is 0 Å². The van der Waals surface area contributed by atoms with Crippen molar-refractivity contribution in [3.63, 3.8) is 0 Å². The SMILES string of the molecule is CC=C(C)C(C)(C)C=CC1([SiH3])CCCCO1. The zero-order chi connectivity index (χ0) is 12.2. The second-order valence-electron chi connectivity index (χ2n) is 5.64. The average Bonchev–Trinajstić information content (AvgIpc) is 2.27. The molecule has 16 heavy (non-hydrogen) atoms. The Kier molecular flexibility index (Phi) is 4.57. The van der Waals surface area contributed by atoms with Crippen molar-refractivity contribution < 1.29 is 4.74 Å². The first-order valence-corrected chi connectivity index (χ1v) is 7.37. The van der Waals surface area contributed by atoms with Crippen LogP contribution in [0.3, 0.4) is 0 Å². The molecule has 0 aromatic heterocycles. The zero-order valence-electron chi connectivity index (χ0n) is 11.5. The predicted molar refractivity (Wildman–Crippen MR) is 74.8 cm³/mol. The van der Waals surface area contributed by atoms with E-state index >= 15 is 0 Å². The van der Waals surface area contributed by atoms with Gasteiger partial charge in [0, 0.05) is 22.3 Å². The van der Waals surface area contributed by atoms with Gasteiger partial charge in [-0.2, -0.15) is 0 Å². The van der Waals surface area contributed by atoms with Gasteiger partial charge in [0.25, 0.3) is 0 Å². The molecule has 1 atom stereocenters. The molecule has 0 radical (unpaired) electrons. The first-order chi connectivity index (χ1) is 7.40. The van der Waals surface area contributed by atoms with Crippen molar-refractivity contribution >= 4 is 10.2 Å². The highest BCUT2D eigenvalue weighted by atomic mass is 28.1. The van der Waals surface area contributed by atoms with Crippen LogP contribution in [0.2, 0.25) is 0 Å². The van der Waals surface area contributed by atoms with E-state index in [0.717, 1.165) is 16.8 Å². The van der Waals surface area contributed by atoms with Crippen LogP contribution in [0, 0.1) is 5.41 Å². The van der Waals surface area contributed by atoms with Crippen LogP contribution in [0.4, 0.5) is 0 Å². The molecule has 0 aromatic carbocycles. The monoisotopic (exact) mass is 238 g/mol. The van der Waals surface area contributed by atoms with Crippen LogP contribution in [-0.2, 0) is 4.74 Å². The van der Waals surface area contributed by atoms with Crippen molar-refractivity contribution in [2.75, 3.05) is 6.61 Å². The van der Waals surface area contributed by atoms with Crippen LogP contribution in [0.1, 0.15) is 47.0 Å². The van der Waals surface area contributed by atoms with Gasteiger partial charge in [-0.3, -0.25) is 0 Å². The lowest BCUT2D eigenvalue weighted by Gasteiger charge is -2.33. The summed E-state index contributed by atoms with van der Waals surface area (Å²) in [5.74, 6) is 0. The summed E-state index contributed by atoms with van der Waals surface area (Å²) in [6, 6.07) is 0. The third-order valence-corrected chi connectivity index (χ3v) is 4.92. The van der Waals surface area contributed by atoms with E-state index in [-0.39, 0.29) is 10.6 Å². The highest BCUT2D eigenvalue weighted by Gasteiger charge is 2.26. The number of hydrogen-bond donors (Lipinski definition) is 0. The standard InChI is InChI=1S/C14H26OSi/c1-5-12(2)13(3,4)9-10-14(16)8-6-7-11-15-14/h5,9-10H,6-8,11H2,1-4,16H3. The highest BCUT2D eigenvalue weighted by Crippen LogP contribution is 2.30. The van der Waals surface area contributed by atoms with Crippen LogP contribution in [0.25, 0.3) is 0 Å². The molecule has 0 aliphatic carbocycles. The molecule has 1 nitrogen and oxygen atoms in total. The van der Waals surface area contributed by atoms with Gasteiger partial charge in [-0.25, -0.2) is 0 Å². The van der Waals surface area contributed by atoms with Crippen LogP contribution in [0.15, 0.2) is 23.8 Å². The lowest BCUT2D eigenvalue weighted by atomic mass is 9.84. The molecule has 1 unspecified atom stereocenters. The molecule has 0 N–H and O–H groups in total. The normalized spacial score (nSPS) is 28.9. The smallest absolute Gasteiger partial charge is 0.0656 e. The van der Waals surface area contributed by atoms with Crippen molar-refractivity contribution in [1.82, 2.24) is 0 Å². The number of allylic oxidation sites excluding steroid dienone is 3. The maximum Gasteiger partial charge on any atom is 0.0656 e. The summed E-state index contributed by atoms with van der Waals surface area (Å²) in [7, 11) is 1.09. The fourth-order valence-corrected chi connectivity index (χ4v) is 2.70. The van der Waals surface area contributed by atoms with Gasteiger partial charge in [-0.1, -0.05) is 37.6 Å². The quantitative estimate of drug-likeness (QED) is 0.543. The molecule has 0 aromatic rings. The Morgan fingerprint density at radius 3 is 2.56 bits per heavy atom. The summed E-state index contributed by atoms with van der Waals surface area (Å²) in [6.45, 7) is 9.79. The van der Waals surface area contributed by atoms with Gasteiger partial charge in [-0.15, -0.1) is 0 Å². The molecule has 0 saturated carbocycles. The molecule has 92 valence electrons.